The SMILES string of the molecule is CCCCn1c(N)c(N(CCOC)C(=O)c2nn(-c3ccc(F)cc3)c3c2CCCC3)c(=O)[nH]c1=O. The van der Waals surface area contributed by atoms with Crippen LogP contribution in [0.25, 0.3) is 5.69 Å². The van der Waals surface area contributed by atoms with Gasteiger partial charge in [0.25, 0.3) is 11.5 Å². The number of hydrogen-bond acceptors (Lipinski definition) is 6. The highest BCUT2D eigenvalue weighted by atomic mass is 19.1. The molecule has 192 valence electrons. The summed E-state index contributed by atoms with van der Waals surface area (Å²) in [6.45, 7) is 2.46. The van der Waals surface area contributed by atoms with Gasteiger partial charge in [0.05, 0.1) is 12.3 Å². The van der Waals surface area contributed by atoms with Crippen LogP contribution in [0.4, 0.5) is 15.9 Å². The van der Waals surface area contributed by atoms with Gasteiger partial charge in [0, 0.05) is 31.5 Å². The molecule has 1 aliphatic rings. The summed E-state index contributed by atoms with van der Waals surface area (Å²) in [6, 6.07) is 5.91. The van der Waals surface area contributed by atoms with Gasteiger partial charge in [-0.3, -0.25) is 24.0 Å². The second-order valence-corrected chi connectivity index (χ2v) is 8.82. The average molecular weight is 499 g/mol. The van der Waals surface area contributed by atoms with E-state index in [1.54, 1.807) is 16.8 Å². The number of H-pyrrole nitrogens is 1. The molecule has 0 saturated heterocycles. The molecule has 3 N–H and O–H groups in total. The summed E-state index contributed by atoms with van der Waals surface area (Å²) >= 11 is 0. The Hall–Kier alpha value is -3.73. The van der Waals surface area contributed by atoms with Gasteiger partial charge in [-0.15, -0.1) is 0 Å². The minimum Gasteiger partial charge on any atom is -0.383 e. The number of rotatable bonds is 9. The highest BCUT2D eigenvalue weighted by Crippen LogP contribution is 2.29. The molecule has 0 saturated carbocycles. The number of aromatic amines is 1. The van der Waals surface area contributed by atoms with E-state index in [1.165, 1.54) is 28.7 Å². The Balaban J connectivity index is 1.84. The fraction of sp³-hybridized carbons (Fsp3) is 0.440. The molecule has 0 spiro atoms. The van der Waals surface area contributed by atoms with Gasteiger partial charge in [-0.1, -0.05) is 13.3 Å². The fourth-order valence-electron chi connectivity index (χ4n) is 4.57. The molecule has 0 radical (unpaired) electrons. The van der Waals surface area contributed by atoms with Crippen molar-refractivity contribution in [3.8, 4) is 5.69 Å². The zero-order valence-corrected chi connectivity index (χ0v) is 20.6. The molecule has 36 heavy (non-hydrogen) atoms. The average Bonchev–Trinajstić information content (AvgIpc) is 3.25. The number of nitrogens with two attached hydrogens (primary N) is 1. The number of nitrogen functional groups attached to an aromatic ring is 1. The lowest BCUT2D eigenvalue weighted by Crippen LogP contribution is -2.43. The number of aromatic nitrogens is 4. The minimum absolute atomic E-state index is 0.0345. The van der Waals surface area contributed by atoms with E-state index < -0.39 is 17.2 Å². The van der Waals surface area contributed by atoms with E-state index in [2.05, 4.69) is 10.1 Å². The predicted molar refractivity (Wildman–Crippen MR) is 134 cm³/mol. The lowest BCUT2D eigenvalue weighted by atomic mass is 9.95. The fourth-order valence-corrected chi connectivity index (χ4v) is 4.57. The first-order valence-electron chi connectivity index (χ1n) is 12.2. The molecule has 0 unspecified atom stereocenters. The molecule has 0 fully saturated rings. The molecular weight excluding hydrogens is 467 g/mol. The number of benzene rings is 1. The third kappa shape index (κ3) is 4.83. The number of ether oxygens (including phenoxy) is 1. The number of hydrogen-bond donors (Lipinski definition) is 2. The summed E-state index contributed by atoms with van der Waals surface area (Å²) in [4.78, 5) is 42.9. The Morgan fingerprint density at radius 3 is 2.64 bits per heavy atom. The smallest absolute Gasteiger partial charge is 0.330 e. The molecule has 3 aromatic rings. The van der Waals surface area contributed by atoms with Crippen LogP contribution < -0.4 is 21.9 Å². The van der Waals surface area contributed by atoms with E-state index >= 15 is 0 Å². The molecular formula is C25H31FN6O4. The molecule has 2 aromatic heterocycles. The zero-order valence-electron chi connectivity index (χ0n) is 20.6. The molecule has 2 heterocycles. The van der Waals surface area contributed by atoms with Gasteiger partial charge in [-0.2, -0.15) is 5.10 Å². The van der Waals surface area contributed by atoms with Gasteiger partial charge in [-0.25, -0.2) is 13.9 Å². The van der Waals surface area contributed by atoms with Crippen molar-refractivity contribution in [3.05, 3.63) is 67.9 Å². The summed E-state index contributed by atoms with van der Waals surface area (Å²) < 4.78 is 21.7. The van der Waals surface area contributed by atoms with Crippen LogP contribution in [0.5, 0.6) is 0 Å². The van der Waals surface area contributed by atoms with E-state index in [-0.39, 0.29) is 36.2 Å². The lowest BCUT2D eigenvalue weighted by molar-refractivity contribution is 0.0969. The largest absolute Gasteiger partial charge is 0.383 e. The molecule has 0 bridgehead atoms. The lowest BCUT2D eigenvalue weighted by Gasteiger charge is -2.24. The maximum atomic E-state index is 14.0. The number of nitrogens with zero attached hydrogens (tertiary/aromatic N) is 4. The highest BCUT2D eigenvalue weighted by molar-refractivity contribution is 6.07. The number of nitrogens with one attached hydrogen (secondary N) is 1. The van der Waals surface area contributed by atoms with Crippen molar-refractivity contribution in [3.63, 3.8) is 0 Å². The summed E-state index contributed by atoms with van der Waals surface area (Å²) in [5, 5.41) is 4.64. The minimum atomic E-state index is -0.749. The van der Waals surface area contributed by atoms with Crippen molar-refractivity contribution in [1.82, 2.24) is 19.3 Å². The summed E-state index contributed by atoms with van der Waals surface area (Å²) in [7, 11) is 1.49. The third-order valence-electron chi connectivity index (χ3n) is 6.44. The van der Waals surface area contributed by atoms with Gasteiger partial charge >= 0.3 is 5.69 Å². The Labute approximate surface area is 207 Å². The van der Waals surface area contributed by atoms with Crippen molar-refractivity contribution in [2.45, 2.75) is 52.0 Å². The normalized spacial score (nSPS) is 13.0. The van der Waals surface area contributed by atoms with Crippen LogP contribution in [-0.2, 0) is 24.1 Å². The van der Waals surface area contributed by atoms with Crippen LogP contribution in [0.15, 0.2) is 33.9 Å². The monoisotopic (exact) mass is 498 g/mol. The molecule has 0 atom stereocenters. The number of anilines is 2. The molecule has 1 amide bonds. The molecule has 4 rings (SSSR count). The van der Waals surface area contributed by atoms with Crippen LogP contribution in [0, 0.1) is 5.82 Å². The van der Waals surface area contributed by atoms with Crippen LogP contribution in [0.2, 0.25) is 0 Å². The van der Waals surface area contributed by atoms with Gasteiger partial charge in [0.2, 0.25) is 0 Å². The zero-order chi connectivity index (χ0) is 25.8. The van der Waals surface area contributed by atoms with Crippen molar-refractivity contribution < 1.29 is 13.9 Å². The van der Waals surface area contributed by atoms with Gasteiger partial charge < -0.3 is 10.5 Å². The van der Waals surface area contributed by atoms with Crippen molar-refractivity contribution in [2.24, 2.45) is 0 Å². The first kappa shape index (κ1) is 25.4. The maximum absolute atomic E-state index is 14.0. The number of halogens is 1. The standard InChI is InChI=1S/C25H31FN6O4/c1-3-4-13-31-22(27)21(23(33)28-25(31)35)30(14-15-36-2)24(34)20-18-7-5-6-8-19(18)32(29-20)17-11-9-16(26)10-12-17/h9-12H,3-8,13-15,27H2,1-2H3,(H,28,33,35). The Bertz CT molecular complexity index is 1360. The topological polar surface area (TPSA) is 128 Å². The van der Waals surface area contributed by atoms with Crippen molar-refractivity contribution in [1.29, 1.82) is 0 Å². The van der Waals surface area contributed by atoms with Crippen LogP contribution in [0.3, 0.4) is 0 Å². The first-order chi connectivity index (χ1) is 17.4. The highest BCUT2D eigenvalue weighted by Gasteiger charge is 2.32. The second-order valence-electron chi connectivity index (χ2n) is 8.82. The molecule has 0 aliphatic heterocycles. The van der Waals surface area contributed by atoms with Crippen molar-refractivity contribution >= 4 is 17.4 Å². The molecule has 1 aliphatic carbocycles. The number of amides is 1. The third-order valence-corrected chi connectivity index (χ3v) is 6.44. The van der Waals surface area contributed by atoms with E-state index in [0.29, 0.717) is 25.1 Å². The molecule has 11 heteroatoms. The van der Waals surface area contributed by atoms with Gasteiger partial charge in [0.1, 0.15) is 11.6 Å². The van der Waals surface area contributed by atoms with Gasteiger partial charge in [-0.05, 0) is 56.4 Å². The molecule has 10 nitrogen and oxygen atoms in total. The van der Waals surface area contributed by atoms with E-state index in [1.807, 2.05) is 6.92 Å². The van der Waals surface area contributed by atoms with Crippen LogP contribution >= 0.6 is 0 Å². The van der Waals surface area contributed by atoms with Crippen LogP contribution in [0.1, 0.15) is 54.4 Å². The maximum Gasteiger partial charge on any atom is 0.330 e. The predicted octanol–water partition coefficient (Wildman–Crippen LogP) is 2.42. The Morgan fingerprint density at radius 1 is 1.22 bits per heavy atom. The quantitative estimate of drug-likeness (QED) is 0.466. The van der Waals surface area contributed by atoms with Gasteiger partial charge in [0.15, 0.2) is 11.4 Å². The van der Waals surface area contributed by atoms with E-state index in [0.717, 1.165) is 36.9 Å². The number of carbonyl (C=O) groups is 1. The molecule has 1 aromatic carbocycles. The number of methoxy groups -OCH3 is 1. The second kappa shape index (κ2) is 10.9. The van der Waals surface area contributed by atoms with Crippen molar-refractivity contribution in [2.75, 3.05) is 30.9 Å². The Morgan fingerprint density at radius 2 is 1.94 bits per heavy atom. The number of carbonyl (C=O) groups excluding carboxylic acids is 1. The number of unbranched alkanes of at least 4 members (excludes halogenated alkanes) is 1. The van der Waals surface area contributed by atoms with Crippen LogP contribution in [-0.4, -0.2) is 45.5 Å². The van der Waals surface area contributed by atoms with E-state index in [9.17, 15) is 18.8 Å². The first-order valence-corrected chi connectivity index (χ1v) is 12.2. The number of fused-ring (bicyclic) bond motifs is 1. The Kier molecular flexibility index (Phi) is 7.68. The van der Waals surface area contributed by atoms with E-state index in [4.69, 9.17) is 10.5 Å². The summed E-state index contributed by atoms with van der Waals surface area (Å²) in [5.41, 5.74) is 7.37. The summed E-state index contributed by atoms with van der Waals surface area (Å²) in [6.07, 6.45) is 4.70. The summed E-state index contributed by atoms with van der Waals surface area (Å²) in [5.74, 6) is -0.952.